The zero-order valence-electron chi connectivity index (χ0n) is 18.4. The van der Waals surface area contributed by atoms with E-state index < -0.39 is 0 Å². The van der Waals surface area contributed by atoms with Crippen molar-refractivity contribution in [2.75, 3.05) is 19.8 Å². The van der Waals surface area contributed by atoms with E-state index in [4.69, 9.17) is 13.9 Å². The van der Waals surface area contributed by atoms with Crippen LogP contribution < -0.4 is 0 Å². The van der Waals surface area contributed by atoms with Crippen LogP contribution in [0.5, 0.6) is 0 Å². The van der Waals surface area contributed by atoms with Gasteiger partial charge in [-0.3, -0.25) is 0 Å². The molecule has 34 heavy (non-hydrogen) atoms. The SMILES string of the molecule is Fc1ccc(SC(CC(=NSc2ccccc2)OCC2CCOC2)Sc2ccc(F)cc2)cc1. The van der Waals surface area contributed by atoms with E-state index in [9.17, 15) is 8.78 Å². The molecule has 3 nitrogen and oxygen atoms in total. The van der Waals surface area contributed by atoms with Gasteiger partial charge in [-0.25, -0.2) is 8.78 Å². The van der Waals surface area contributed by atoms with Crippen LogP contribution in [-0.2, 0) is 9.47 Å². The topological polar surface area (TPSA) is 30.8 Å². The Morgan fingerprint density at radius 2 is 1.50 bits per heavy atom. The Balaban J connectivity index is 1.51. The number of thioether (sulfide) groups is 2. The van der Waals surface area contributed by atoms with E-state index >= 15 is 0 Å². The first kappa shape index (κ1) is 25.1. The summed E-state index contributed by atoms with van der Waals surface area (Å²) in [4.78, 5) is 2.92. The van der Waals surface area contributed by atoms with Crippen molar-refractivity contribution in [3.05, 3.63) is 90.5 Å². The first-order valence-electron chi connectivity index (χ1n) is 11.0. The van der Waals surface area contributed by atoms with Gasteiger partial charge in [-0.15, -0.1) is 23.5 Å². The molecular weight excluding hydrogens is 492 g/mol. The summed E-state index contributed by atoms with van der Waals surface area (Å²) in [5.74, 6) is 0.473. The van der Waals surface area contributed by atoms with Crippen LogP contribution in [0.25, 0.3) is 0 Å². The molecular formula is C26H25F2NO2S3. The van der Waals surface area contributed by atoms with Crippen LogP contribution in [-0.4, -0.2) is 30.3 Å². The lowest BCUT2D eigenvalue weighted by Gasteiger charge is -2.19. The summed E-state index contributed by atoms with van der Waals surface area (Å²) in [5, 5.41) is 0. The molecule has 1 heterocycles. The summed E-state index contributed by atoms with van der Waals surface area (Å²) in [7, 11) is 0. The van der Waals surface area contributed by atoms with Gasteiger partial charge in [-0.2, -0.15) is 4.40 Å². The lowest BCUT2D eigenvalue weighted by molar-refractivity contribution is 0.163. The molecule has 8 heteroatoms. The summed E-state index contributed by atoms with van der Waals surface area (Å²) < 4.78 is 43.3. The van der Waals surface area contributed by atoms with E-state index in [0.29, 0.717) is 31.5 Å². The van der Waals surface area contributed by atoms with Gasteiger partial charge < -0.3 is 9.47 Å². The number of nitrogens with zero attached hydrogens (tertiary/aromatic N) is 1. The first-order valence-corrected chi connectivity index (χ1v) is 13.5. The fraction of sp³-hybridized carbons (Fsp3) is 0.269. The van der Waals surface area contributed by atoms with Gasteiger partial charge in [-0.1, -0.05) is 18.2 Å². The molecule has 0 bridgehead atoms. The highest BCUT2D eigenvalue weighted by molar-refractivity contribution is 8.17. The van der Waals surface area contributed by atoms with Crippen LogP contribution >= 0.6 is 35.5 Å². The minimum Gasteiger partial charge on any atom is -0.480 e. The Morgan fingerprint density at radius 3 is 2.06 bits per heavy atom. The number of benzene rings is 3. The van der Waals surface area contributed by atoms with Gasteiger partial charge in [0.2, 0.25) is 0 Å². The van der Waals surface area contributed by atoms with Crippen LogP contribution in [0.3, 0.4) is 0 Å². The molecule has 4 rings (SSSR count). The second kappa shape index (κ2) is 13.2. The van der Waals surface area contributed by atoms with Gasteiger partial charge in [0.25, 0.3) is 0 Å². The van der Waals surface area contributed by atoms with Crippen LogP contribution in [0.2, 0.25) is 0 Å². The zero-order valence-corrected chi connectivity index (χ0v) is 20.9. The third kappa shape index (κ3) is 8.34. The molecule has 0 saturated carbocycles. The lowest BCUT2D eigenvalue weighted by atomic mass is 10.1. The van der Waals surface area contributed by atoms with Crippen molar-refractivity contribution in [3.8, 4) is 0 Å². The van der Waals surface area contributed by atoms with Gasteiger partial charge >= 0.3 is 0 Å². The van der Waals surface area contributed by atoms with E-state index in [-0.39, 0.29) is 16.2 Å². The summed E-state index contributed by atoms with van der Waals surface area (Å²) in [5.41, 5.74) is 0. The van der Waals surface area contributed by atoms with Crippen LogP contribution in [0.4, 0.5) is 8.78 Å². The van der Waals surface area contributed by atoms with E-state index in [1.54, 1.807) is 47.8 Å². The highest BCUT2D eigenvalue weighted by atomic mass is 32.2. The molecule has 0 radical (unpaired) electrons. The molecule has 1 atom stereocenters. The number of hydrogen-bond acceptors (Lipinski definition) is 6. The second-order valence-electron chi connectivity index (χ2n) is 7.71. The van der Waals surface area contributed by atoms with Crippen molar-refractivity contribution in [2.24, 2.45) is 10.3 Å². The predicted molar refractivity (Wildman–Crippen MR) is 138 cm³/mol. The van der Waals surface area contributed by atoms with E-state index in [2.05, 4.69) is 0 Å². The number of ether oxygens (including phenoxy) is 2. The van der Waals surface area contributed by atoms with Crippen molar-refractivity contribution in [2.45, 2.75) is 32.1 Å². The highest BCUT2D eigenvalue weighted by Gasteiger charge is 2.21. The van der Waals surface area contributed by atoms with E-state index in [0.717, 1.165) is 27.7 Å². The Labute approximate surface area is 211 Å². The third-order valence-electron chi connectivity index (χ3n) is 5.01. The van der Waals surface area contributed by atoms with Gasteiger partial charge in [0, 0.05) is 45.6 Å². The minimum absolute atomic E-state index is 0.00845. The molecule has 1 fully saturated rings. The fourth-order valence-electron chi connectivity index (χ4n) is 3.22. The molecule has 0 aliphatic carbocycles. The molecule has 0 N–H and O–H groups in total. The average Bonchev–Trinajstić information content (AvgIpc) is 3.38. The number of halogens is 2. The number of hydrogen-bond donors (Lipinski definition) is 0. The van der Waals surface area contributed by atoms with Crippen LogP contribution in [0.15, 0.2) is 97.9 Å². The zero-order chi connectivity index (χ0) is 23.6. The standard InChI is InChI=1S/C26H25F2NO2S3/c27-20-6-10-22(11-7-20)32-26(33-23-12-8-21(28)9-13-23)16-25(31-18-19-14-15-30-17-19)29-34-24-4-2-1-3-5-24/h1-13,19,26H,14-18H2. The maximum Gasteiger partial charge on any atom is 0.197 e. The van der Waals surface area contributed by atoms with Crippen molar-refractivity contribution >= 4 is 41.4 Å². The first-order chi connectivity index (χ1) is 16.6. The summed E-state index contributed by atoms with van der Waals surface area (Å²) >= 11 is 4.61. The van der Waals surface area contributed by atoms with Crippen molar-refractivity contribution < 1.29 is 18.3 Å². The molecule has 178 valence electrons. The predicted octanol–water partition coefficient (Wildman–Crippen LogP) is 7.72. The molecule has 0 spiro atoms. The monoisotopic (exact) mass is 517 g/mol. The van der Waals surface area contributed by atoms with E-state index in [1.807, 2.05) is 30.3 Å². The van der Waals surface area contributed by atoms with Gasteiger partial charge in [0.05, 0.1) is 17.8 Å². The third-order valence-corrected chi connectivity index (χ3v) is 8.31. The normalized spacial score (nSPS) is 16.2. The maximum atomic E-state index is 13.4. The summed E-state index contributed by atoms with van der Waals surface area (Å²) in [6.45, 7) is 2.03. The molecule has 0 aromatic heterocycles. The molecule has 1 aliphatic rings. The molecule has 3 aromatic rings. The summed E-state index contributed by atoms with van der Waals surface area (Å²) in [6, 6.07) is 22.8. The molecule has 0 amide bonds. The van der Waals surface area contributed by atoms with Gasteiger partial charge in [0.1, 0.15) is 11.6 Å². The molecule has 1 aliphatic heterocycles. The molecule has 1 unspecified atom stereocenters. The van der Waals surface area contributed by atoms with Crippen molar-refractivity contribution in [1.29, 1.82) is 0 Å². The quantitative estimate of drug-likeness (QED) is 0.0903. The second-order valence-corrected chi connectivity index (χ2v) is 11.4. The molecule has 1 saturated heterocycles. The fourth-order valence-corrected chi connectivity index (χ4v) is 6.33. The Morgan fingerprint density at radius 1 is 0.882 bits per heavy atom. The Kier molecular flexibility index (Phi) is 9.74. The Bertz CT molecular complexity index is 996. The largest absolute Gasteiger partial charge is 0.480 e. The van der Waals surface area contributed by atoms with Crippen molar-refractivity contribution in [1.82, 2.24) is 0 Å². The highest BCUT2D eigenvalue weighted by Crippen LogP contribution is 2.38. The average molecular weight is 518 g/mol. The lowest BCUT2D eigenvalue weighted by Crippen LogP contribution is -2.17. The van der Waals surface area contributed by atoms with Crippen LogP contribution in [0, 0.1) is 17.6 Å². The summed E-state index contributed by atoms with van der Waals surface area (Å²) in [6.07, 6.45) is 1.54. The van der Waals surface area contributed by atoms with Crippen LogP contribution in [0.1, 0.15) is 12.8 Å². The maximum absolute atomic E-state index is 13.4. The van der Waals surface area contributed by atoms with E-state index in [1.165, 1.54) is 36.2 Å². The Hall–Kier alpha value is -2.00. The van der Waals surface area contributed by atoms with Crippen molar-refractivity contribution in [3.63, 3.8) is 0 Å². The number of rotatable bonds is 10. The van der Waals surface area contributed by atoms with Gasteiger partial charge in [0.15, 0.2) is 5.90 Å². The minimum atomic E-state index is -0.268. The molecule has 3 aromatic carbocycles. The van der Waals surface area contributed by atoms with Gasteiger partial charge in [-0.05, 0) is 67.1 Å². The smallest absolute Gasteiger partial charge is 0.197 e.